The van der Waals surface area contributed by atoms with Gasteiger partial charge in [-0.25, -0.2) is 9.80 Å². The number of carbonyl (C=O) groups is 2. The van der Waals surface area contributed by atoms with Crippen molar-refractivity contribution in [3.05, 3.63) is 78.2 Å². The average molecular weight is 505 g/mol. The van der Waals surface area contributed by atoms with E-state index in [4.69, 9.17) is 28.1 Å². The molecular formula is C28H28N2O7. The van der Waals surface area contributed by atoms with Crippen LogP contribution in [0.15, 0.2) is 80.6 Å². The Hall–Kier alpha value is -4.27. The molecule has 1 aliphatic heterocycles. The lowest BCUT2D eigenvalue weighted by Crippen LogP contribution is -2.34. The fraction of sp³-hybridized carbons (Fsp3) is 0.321. The molecule has 2 aliphatic rings. The van der Waals surface area contributed by atoms with Crippen LogP contribution in [0.2, 0.25) is 0 Å². The number of rotatable bonds is 9. The number of esters is 1. The van der Waals surface area contributed by atoms with Gasteiger partial charge >= 0.3 is 5.97 Å². The molecule has 1 saturated carbocycles. The highest BCUT2D eigenvalue weighted by atomic mass is 16.6. The molecule has 0 saturated heterocycles. The molecule has 2 unspecified atom stereocenters. The van der Waals surface area contributed by atoms with Gasteiger partial charge in [0, 0.05) is 5.92 Å². The number of nitrogens with zero attached hydrogens (tertiary/aromatic N) is 2. The summed E-state index contributed by atoms with van der Waals surface area (Å²) in [5, 5.41) is 6.09. The first-order valence-corrected chi connectivity index (χ1v) is 12.3. The van der Waals surface area contributed by atoms with Gasteiger partial charge in [-0.1, -0.05) is 12.1 Å². The molecule has 2 aromatic heterocycles. The molecule has 0 bridgehead atoms. The summed E-state index contributed by atoms with van der Waals surface area (Å²) in [7, 11) is 0. The monoisotopic (exact) mass is 504 g/mol. The van der Waals surface area contributed by atoms with Crippen LogP contribution >= 0.6 is 0 Å². The summed E-state index contributed by atoms with van der Waals surface area (Å²) in [6.07, 6.45) is 7.81. The van der Waals surface area contributed by atoms with E-state index in [0.29, 0.717) is 23.9 Å². The zero-order chi connectivity index (χ0) is 25.6. The first kappa shape index (κ1) is 24.4. The molecule has 1 amide bonds. The zero-order valence-corrected chi connectivity index (χ0v) is 20.5. The molecule has 2 atom stereocenters. The topological polar surface area (TPSA) is 104 Å². The summed E-state index contributed by atoms with van der Waals surface area (Å²) in [5.41, 5.74) is 1.86. The normalized spacial score (nSPS) is 19.9. The summed E-state index contributed by atoms with van der Waals surface area (Å²) in [6.45, 7) is 1.51. The molecule has 0 N–H and O–H groups in total. The van der Waals surface area contributed by atoms with Gasteiger partial charge in [-0.05, 0) is 74.2 Å². The van der Waals surface area contributed by atoms with Crippen LogP contribution in [0.3, 0.4) is 0 Å². The molecule has 37 heavy (non-hydrogen) atoms. The molecule has 3 heterocycles. The minimum absolute atomic E-state index is 0.0286. The third-order valence-corrected chi connectivity index (χ3v) is 6.30. The fourth-order valence-corrected chi connectivity index (χ4v) is 4.72. The quantitative estimate of drug-likeness (QED) is 0.377. The second-order valence-electron chi connectivity index (χ2n) is 8.70. The smallest absolute Gasteiger partial charge is 0.344 e. The van der Waals surface area contributed by atoms with Crippen molar-refractivity contribution >= 4 is 23.7 Å². The van der Waals surface area contributed by atoms with Crippen LogP contribution in [0.5, 0.6) is 11.5 Å². The highest BCUT2D eigenvalue weighted by Crippen LogP contribution is 2.44. The van der Waals surface area contributed by atoms with Gasteiger partial charge < -0.3 is 23.0 Å². The standard InChI is InChI=1S/C28H28N2O7/c1-2-33-22-11-3-4-12-23(22)36-18-26(32)37-17-25(31)30-28(24-13-7-15-35-24)21-10-5-8-19(27(21)29-30)16-20-9-6-14-34-20/h3-4,6-7,9,11-16,21,28H,2,5,8,10,17-18H2,1H3. The molecule has 0 radical (unpaired) electrons. The first-order valence-electron chi connectivity index (χ1n) is 12.3. The van der Waals surface area contributed by atoms with Crippen molar-refractivity contribution < 1.29 is 32.6 Å². The van der Waals surface area contributed by atoms with E-state index in [9.17, 15) is 9.59 Å². The van der Waals surface area contributed by atoms with E-state index in [-0.39, 0.29) is 12.5 Å². The number of furan rings is 2. The largest absolute Gasteiger partial charge is 0.490 e. The van der Waals surface area contributed by atoms with Gasteiger partial charge in [-0.2, -0.15) is 5.10 Å². The average Bonchev–Trinajstić information content (AvgIpc) is 3.68. The molecule has 9 heteroatoms. The second-order valence-corrected chi connectivity index (χ2v) is 8.70. The van der Waals surface area contributed by atoms with Crippen molar-refractivity contribution in [3.63, 3.8) is 0 Å². The zero-order valence-electron chi connectivity index (χ0n) is 20.5. The SMILES string of the molecule is CCOc1ccccc1OCC(=O)OCC(=O)N1N=C2C(=Cc3ccco3)CCCC2C1c1ccco1. The number of fused-ring (bicyclic) bond motifs is 1. The minimum atomic E-state index is -0.670. The molecule has 3 aromatic rings. The maximum Gasteiger partial charge on any atom is 0.344 e. The van der Waals surface area contributed by atoms with Gasteiger partial charge in [0.05, 0.1) is 24.8 Å². The van der Waals surface area contributed by atoms with Crippen molar-refractivity contribution in [1.29, 1.82) is 0 Å². The van der Waals surface area contributed by atoms with Gasteiger partial charge in [0.1, 0.15) is 17.6 Å². The van der Waals surface area contributed by atoms with E-state index < -0.39 is 24.5 Å². The summed E-state index contributed by atoms with van der Waals surface area (Å²) >= 11 is 0. The lowest BCUT2D eigenvalue weighted by molar-refractivity contribution is -0.154. The van der Waals surface area contributed by atoms with Crippen molar-refractivity contribution in [3.8, 4) is 11.5 Å². The Morgan fingerprint density at radius 2 is 1.81 bits per heavy atom. The van der Waals surface area contributed by atoms with E-state index in [0.717, 1.165) is 36.3 Å². The van der Waals surface area contributed by atoms with Crippen molar-refractivity contribution in [2.45, 2.75) is 32.2 Å². The Morgan fingerprint density at radius 3 is 2.54 bits per heavy atom. The minimum Gasteiger partial charge on any atom is -0.490 e. The van der Waals surface area contributed by atoms with Crippen molar-refractivity contribution in [2.24, 2.45) is 11.0 Å². The van der Waals surface area contributed by atoms with Gasteiger partial charge in [-0.3, -0.25) is 4.79 Å². The number of hydrazone groups is 1. The lowest BCUT2D eigenvalue weighted by atomic mass is 9.79. The van der Waals surface area contributed by atoms with E-state index in [1.165, 1.54) is 5.01 Å². The Bertz CT molecular complexity index is 1280. The molecule has 1 fully saturated rings. The molecule has 192 valence electrons. The number of carbonyl (C=O) groups excluding carboxylic acids is 2. The summed E-state index contributed by atoms with van der Waals surface area (Å²) in [6, 6.07) is 14.0. The Balaban J connectivity index is 1.27. The highest BCUT2D eigenvalue weighted by molar-refractivity contribution is 6.08. The van der Waals surface area contributed by atoms with Gasteiger partial charge in [0.15, 0.2) is 24.7 Å². The number of ether oxygens (including phenoxy) is 3. The number of allylic oxidation sites excluding steroid dienone is 1. The van der Waals surface area contributed by atoms with Crippen LogP contribution in [0.4, 0.5) is 0 Å². The highest BCUT2D eigenvalue weighted by Gasteiger charge is 2.45. The van der Waals surface area contributed by atoms with E-state index in [2.05, 4.69) is 0 Å². The molecule has 1 aromatic carbocycles. The van der Waals surface area contributed by atoms with Gasteiger partial charge in [-0.15, -0.1) is 0 Å². The fourth-order valence-electron chi connectivity index (χ4n) is 4.72. The molecule has 1 aliphatic carbocycles. The second kappa shape index (κ2) is 11.2. The maximum absolute atomic E-state index is 13.2. The molecule has 9 nitrogen and oxygen atoms in total. The van der Waals surface area contributed by atoms with Crippen molar-refractivity contribution in [2.75, 3.05) is 19.8 Å². The van der Waals surface area contributed by atoms with Crippen molar-refractivity contribution in [1.82, 2.24) is 5.01 Å². The third-order valence-electron chi connectivity index (χ3n) is 6.30. The van der Waals surface area contributed by atoms with Gasteiger partial charge in [0.2, 0.25) is 0 Å². The predicted molar refractivity (Wildman–Crippen MR) is 134 cm³/mol. The van der Waals surface area contributed by atoms with E-state index >= 15 is 0 Å². The van der Waals surface area contributed by atoms with Crippen LogP contribution in [-0.4, -0.2) is 42.4 Å². The Morgan fingerprint density at radius 1 is 1.03 bits per heavy atom. The maximum atomic E-state index is 13.2. The predicted octanol–water partition coefficient (Wildman–Crippen LogP) is 5.02. The summed E-state index contributed by atoms with van der Waals surface area (Å²) in [4.78, 5) is 25.6. The Kier molecular flexibility index (Phi) is 7.39. The number of para-hydroxylation sites is 2. The number of hydrogen-bond acceptors (Lipinski definition) is 8. The number of amides is 1. The molecular weight excluding hydrogens is 476 g/mol. The number of hydrogen-bond donors (Lipinski definition) is 0. The van der Waals surface area contributed by atoms with Crippen LogP contribution in [0, 0.1) is 5.92 Å². The Labute approximate surface area is 214 Å². The van der Waals surface area contributed by atoms with Crippen LogP contribution in [-0.2, 0) is 14.3 Å². The molecule has 0 spiro atoms. The first-order chi connectivity index (χ1) is 18.1. The third kappa shape index (κ3) is 5.45. The van der Waals surface area contributed by atoms with E-state index in [1.54, 1.807) is 36.8 Å². The number of benzene rings is 1. The molecule has 5 rings (SSSR count). The van der Waals surface area contributed by atoms with Gasteiger partial charge in [0.25, 0.3) is 5.91 Å². The van der Waals surface area contributed by atoms with Crippen LogP contribution in [0.25, 0.3) is 6.08 Å². The van der Waals surface area contributed by atoms with E-state index in [1.807, 2.05) is 37.3 Å². The summed E-state index contributed by atoms with van der Waals surface area (Å²) < 4.78 is 27.5. The summed E-state index contributed by atoms with van der Waals surface area (Å²) in [5.74, 6) is 1.19. The van der Waals surface area contributed by atoms with Crippen LogP contribution < -0.4 is 9.47 Å². The van der Waals surface area contributed by atoms with Crippen LogP contribution in [0.1, 0.15) is 43.7 Å². The lowest BCUT2D eigenvalue weighted by Gasteiger charge is -2.27.